The van der Waals surface area contributed by atoms with Gasteiger partial charge in [-0.2, -0.15) is 0 Å². The molecule has 1 saturated heterocycles. The van der Waals surface area contributed by atoms with Crippen LogP contribution in [0.1, 0.15) is 67.5 Å². The number of carbonyl (C=O) groups is 2. The molecule has 6 N–H and O–H groups in total. The van der Waals surface area contributed by atoms with Gasteiger partial charge in [0.1, 0.15) is 42.5 Å². The molecule has 312 valence electrons. The summed E-state index contributed by atoms with van der Waals surface area (Å²) in [7, 11) is 0. The van der Waals surface area contributed by atoms with Crippen molar-refractivity contribution in [3.8, 4) is 17.1 Å². The summed E-state index contributed by atoms with van der Waals surface area (Å²) in [6, 6.07) is 6.89. The van der Waals surface area contributed by atoms with Gasteiger partial charge < -0.3 is 59.1 Å². The lowest BCUT2D eigenvalue weighted by atomic mass is 9.86. The number of ether oxygens (including phenoxy) is 5. The van der Waals surface area contributed by atoms with E-state index >= 15 is 0 Å². The molecule has 0 saturated carbocycles. The van der Waals surface area contributed by atoms with Gasteiger partial charge >= 0.3 is 12.1 Å². The Hall–Kier alpha value is -4.86. The van der Waals surface area contributed by atoms with E-state index in [9.17, 15) is 39.9 Å². The van der Waals surface area contributed by atoms with E-state index in [0.29, 0.717) is 54.3 Å². The van der Waals surface area contributed by atoms with Crippen LogP contribution in [0.2, 0.25) is 0 Å². The molecule has 3 aromatic heterocycles. The smallest absolute Gasteiger partial charge is 0.412 e. The Morgan fingerprint density at radius 1 is 1.05 bits per heavy atom. The van der Waals surface area contributed by atoms with E-state index in [1.165, 1.54) is 4.68 Å². The van der Waals surface area contributed by atoms with Crippen molar-refractivity contribution in [3.63, 3.8) is 0 Å². The molecule has 3 aliphatic heterocycles. The topological polar surface area (TPSA) is 259 Å². The molecule has 19 heteroatoms. The Morgan fingerprint density at radius 2 is 1.88 bits per heavy atom. The number of carbonyl (C=O) groups excluding carboxylic acids is 2. The fourth-order valence-corrected chi connectivity index (χ4v) is 7.61. The highest BCUT2D eigenvalue weighted by Gasteiger charge is 2.46. The van der Waals surface area contributed by atoms with Crippen molar-refractivity contribution in [2.75, 3.05) is 26.4 Å². The van der Waals surface area contributed by atoms with Crippen LogP contribution in [0.4, 0.5) is 4.79 Å². The molecular weight excluding hydrogens is 760 g/mol. The Balaban J connectivity index is 0.841. The predicted molar refractivity (Wildman–Crippen MR) is 201 cm³/mol. The number of unbranched alkanes of at least 4 members (excludes halogenated alkanes) is 2. The zero-order valence-corrected chi connectivity index (χ0v) is 32.2. The van der Waals surface area contributed by atoms with E-state index in [2.05, 4.69) is 15.6 Å². The Morgan fingerprint density at radius 3 is 2.66 bits per heavy atom. The van der Waals surface area contributed by atoms with Gasteiger partial charge in [0.15, 0.2) is 11.9 Å². The monoisotopic (exact) mass is 808 g/mol. The number of cyclic esters (lactones) is 1. The summed E-state index contributed by atoms with van der Waals surface area (Å²) in [6.45, 7) is 4.66. The molecule has 0 aliphatic carbocycles. The number of aromatic nitrogens is 5. The van der Waals surface area contributed by atoms with Gasteiger partial charge in [-0.3, -0.25) is 4.79 Å². The van der Waals surface area contributed by atoms with Gasteiger partial charge in [0, 0.05) is 29.7 Å². The molecule has 0 radical (unpaired) electrons. The maximum Gasteiger partial charge on any atom is 0.412 e. The number of hydrogen-bond acceptors (Lipinski definition) is 16. The van der Waals surface area contributed by atoms with E-state index in [0.717, 1.165) is 29.4 Å². The molecule has 0 unspecified atom stereocenters. The number of hydrogen-bond donors (Lipinski definition) is 6. The van der Waals surface area contributed by atoms with E-state index in [-0.39, 0.29) is 56.0 Å². The van der Waals surface area contributed by atoms with Crippen molar-refractivity contribution in [1.82, 2.24) is 29.9 Å². The van der Waals surface area contributed by atoms with Crippen molar-refractivity contribution in [2.24, 2.45) is 0 Å². The van der Waals surface area contributed by atoms with Crippen LogP contribution < -0.4 is 15.6 Å². The zero-order valence-electron chi connectivity index (χ0n) is 32.2. The highest BCUT2D eigenvalue weighted by atomic mass is 16.7. The van der Waals surface area contributed by atoms with Crippen molar-refractivity contribution in [2.45, 2.75) is 109 Å². The van der Waals surface area contributed by atoms with Gasteiger partial charge in [-0.25, -0.2) is 19.3 Å². The maximum absolute atomic E-state index is 13.6. The normalized spacial score (nSPS) is 23.6. The average Bonchev–Trinajstić information content (AvgIpc) is 3.84. The Labute approximate surface area is 332 Å². The van der Waals surface area contributed by atoms with Crippen LogP contribution in [0.15, 0.2) is 35.3 Å². The van der Waals surface area contributed by atoms with Crippen LogP contribution in [0, 0.1) is 0 Å². The summed E-state index contributed by atoms with van der Waals surface area (Å²) in [6.07, 6.45) is -2.68. The minimum absolute atomic E-state index is 0.0583. The number of aliphatic hydroxyl groups excluding tert-OH is 4. The van der Waals surface area contributed by atoms with Crippen LogP contribution in [0.25, 0.3) is 22.3 Å². The molecule has 0 bridgehead atoms. The molecule has 0 spiro atoms. The predicted octanol–water partition coefficient (Wildman–Crippen LogP) is 0.526. The first-order valence-electron chi connectivity index (χ1n) is 19.4. The van der Waals surface area contributed by atoms with Gasteiger partial charge in [-0.15, -0.1) is 5.10 Å². The van der Waals surface area contributed by atoms with Crippen molar-refractivity contribution >= 4 is 23.0 Å². The first-order valence-corrected chi connectivity index (χ1v) is 19.4. The fraction of sp³-hybridized carbons (Fsp3) is 0.538. The van der Waals surface area contributed by atoms with E-state index in [1.54, 1.807) is 42.0 Å². The fourth-order valence-electron chi connectivity index (χ4n) is 7.61. The number of aliphatic hydroxyl groups is 5. The van der Waals surface area contributed by atoms with Crippen LogP contribution >= 0.6 is 0 Å². The third-order valence-corrected chi connectivity index (χ3v) is 10.9. The highest BCUT2D eigenvalue weighted by Crippen LogP contribution is 2.40. The molecule has 4 aromatic rings. The molecule has 3 aliphatic rings. The van der Waals surface area contributed by atoms with Crippen LogP contribution in [-0.2, 0) is 62.1 Å². The number of fused-ring (bicyclic) bond motifs is 5. The molecule has 1 amide bonds. The number of aryl methyl sites for hydroxylation is 1. The van der Waals surface area contributed by atoms with Crippen LogP contribution in [0.5, 0.6) is 5.75 Å². The lowest BCUT2D eigenvalue weighted by Crippen LogP contribution is -2.59. The first kappa shape index (κ1) is 41.3. The van der Waals surface area contributed by atoms with Crippen LogP contribution in [0.3, 0.4) is 0 Å². The number of rotatable bonds is 16. The average molecular weight is 809 g/mol. The summed E-state index contributed by atoms with van der Waals surface area (Å²) in [5, 5.41) is 62.0. The van der Waals surface area contributed by atoms with Crippen molar-refractivity contribution < 1.29 is 58.8 Å². The van der Waals surface area contributed by atoms with Gasteiger partial charge in [0.05, 0.1) is 61.6 Å². The molecule has 19 nitrogen and oxygen atoms in total. The Kier molecular flexibility index (Phi) is 12.5. The Bertz CT molecular complexity index is 2210. The summed E-state index contributed by atoms with van der Waals surface area (Å²) in [5.41, 5.74) is 2.51. The molecule has 1 fully saturated rings. The lowest BCUT2D eigenvalue weighted by Gasteiger charge is -2.39. The summed E-state index contributed by atoms with van der Waals surface area (Å²) < 4.78 is 30.4. The number of esters is 1. The summed E-state index contributed by atoms with van der Waals surface area (Å²) in [5.74, 6) is -0.424. The molecular formula is C39H48N6O13. The van der Waals surface area contributed by atoms with Gasteiger partial charge in [-0.05, 0) is 61.9 Å². The van der Waals surface area contributed by atoms with Gasteiger partial charge in [0.25, 0.3) is 5.56 Å². The van der Waals surface area contributed by atoms with Crippen molar-refractivity contribution in [1.29, 1.82) is 0 Å². The van der Waals surface area contributed by atoms with Gasteiger partial charge in [0.2, 0.25) is 0 Å². The first-order chi connectivity index (χ1) is 28.0. The van der Waals surface area contributed by atoms with E-state index < -0.39 is 55.0 Å². The highest BCUT2D eigenvalue weighted by molar-refractivity contribution is 5.90. The lowest BCUT2D eigenvalue weighted by molar-refractivity contribution is -0.301. The SMILES string of the molecule is CCc1c2c(nc3ccc(OC(=O)NCCCCCOCc4cn(CCO[C@H]5O[C@@H](CO)[C@H](O)[C@@H](O)[C@@H]5O)nn4)cc13)-c1cc3c(c(=O)n1C2)COC(=O)[C@]3(O)CC. The second-order valence-corrected chi connectivity index (χ2v) is 14.5. The maximum atomic E-state index is 13.6. The standard InChI is InChI=1S/C39H48N6O13/c1-3-23-24-14-22(8-9-28(24)41-31-25(23)17-45-29(31)15-27-26(35(45)50)20-56-37(51)39(27,53)4-2)57-38(52)40-10-6-5-7-12-54-19-21-16-44(43-42-21)11-13-55-36-34(49)33(48)32(47)30(18-46)58-36/h8-9,14-16,30,32-34,36,46-49,53H,3-7,10-13,17-20H2,1-2H3,(H,40,52)/t30-,32-,33+,34-,36-,39-/m0/s1. The quantitative estimate of drug-likeness (QED) is 0.0587. The van der Waals surface area contributed by atoms with E-state index in [4.69, 9.17) is 28.7 Å². The summed E-state index contributed by atoms with van der Waals surface area (Å²) in [4.78, 5) is 43.7. The van der Waals surface area contributed by atoms with E-state index in [1.807, 2.05) is 6.92 Å². The largest absolute Gasteiger partial charge is 0.458 e. The molecule has 6 atom stereocenters. The third-order valence-electron chi connectivity index (χ3n) is 10.9. The zero-order chi connectivity index (χ0) is 41.1. The van der Waals surface area contributed by atoms with Crippen LogP contribution in [-0.4, -0.2) is 119 Å². The minimum Gasteiger partial charge on any atom is -0.458 e. The second kappa shape index (κ2) is 17.6. The molecule has 58 heavy (non-hydrogen) atoms. The number of pyridine rings is 2. The number of benzene rings is 1. The summed E-state index contributed by atoms with van der Waals surface area (Å²) >= 11 is 0. The third kappa shape index (κ3) is 8.08. The molecule has 1 aromatic carbocycles. The number of nitrogens with zero attached hydrogens (tertiary/aromatic N) is 5. The van der Waals surface area contributed by atoms with Gasteiger partial charge in [-0.1, -0.05) is 19.1 Å². The van der Waals surface area contributed by atoms with Crippen molar-refractivity contribution in [3.05, 3.63) is 68.8 Å². The minimum atomic E-state index is -1.91. The molecule has 7 rings (SSSR count). The second-order valence-electron chi connectivity index (χ2n) is 14.5. The molecule has 6 heterocycles. The number of nitrogens with one attached hydrogen (secondary N) is 1. The number of amides is 1.